The minimum absolute atomic E-state index is 0.137. The Bertz CT molecular complexity index is 1120. The topological polar surface area (TPSA) is 80.0 Å². The maximum absolute atomic E-state index is 12.4. The molecule has 0 atom stereocenters. The van der Waals surface area contributed by atoms with Crippen molar-refractivity contribution in [2.24, 2.45) is 0 Å². The molecular weight excluding hydrogens is 376 g/mol. The van der Waals surface area contributed by atoms with E-state index < -0.39 is 0 Å². The highest BCUT2D eigenvalue weighted by atomic mass is 16.3. The van der Waals surface area contributed by atoms with Crippen molar-refractivity contribution in [3.05, 3.63) is 96.2 Å². The third-order valence-electron chi connectivity index (χ3n) is 4.59. The summed E-state index contributed by atoms with van der Waals surface area (Å²) in [4.78, 5) is 21.2. The summed E-state index contributed by atoms with van der Waals surface area (Å²) in [5.41, 5.74) is 3.32. The predicted octanol–water partition coefficient (Wildman–Crippen LogP) is 4.76. The minimum Gasteiger partial charge on any atom is -0.466 e. The molecule has 2 aromatic heterocycles. The summed E-state index contributed by atoms with van der Waals surface area (Å²) in [5.74, 6) is 2.07. The molecule has 2 N–H and O–H groups in total. The number of nitrogens with one attached hydrogen (secondary N) is 2. The first kappa shape index (κ1) is 19.4. The average molecular weight is 398 g/mol. The molecule has 0 bridgehead atoms. The van der Waals surface area contributed by atoms with Crippen molar-refractivity contribution >= 4 is 17.5 Å². The number of anilines is 2. The molecule has 0 aliphatic heterocycles. The van der Waals surface area contributed by atoms with Crippen molar-refractivity contribution < 1.29 is 9.21 Å². The molecular formula is C24H22N4O2. The van der Waals surface area contributed by atoms with Crippen molar-refractivity contribution in [3.8, 4) is 11.1 Å². The van der Waals surface area contributed by atoms with Crippen LogP contribution in [-0.2, 0) is 6.42 Å². The number of hydrogen-bond donors (Lipinski definition) is 2. The van der Waals surface area contributed by atoms with Gasteiger partial charge in [0.2, 0.25) is 5.95 Å². The molecule has 2 heterocycles. The van der Waals surface area contributed by atoms with E-state index in [1.54, 1.807) is 24.5 Å². The molecule has 0 fully saturated rings. The highest BCUT2D eigenvalue weighted by Crippen LogP contribution is 2.19. The van der Waals surface area contributed by atoms with Crippen LogP contribution in [0.25, 0.3) is 11.1 Å². The van der Waals surface area contributed by atoms with E-state index in [2.05, 4.69) is 20.6 Å². The molecule has 0 radical (unpaired) electrons. The smallest absolute Gasteiger partial charge is 0.251 e. The van der Waals surface area contributed by atoms with Crippen molar-refractivity contribution in [3.63, 3.8) is 0 Å². The number of aromatic nitrogens is 2. The van der Waals surface area contributed by atoms with E-state index in [0.29, 0.717) is 24.5 Å². The summed E-state index contributed by atoms with van der Waals surface area (Å²) < 4.78 is 5.52. The summed E-state index contributed by atoms with van der Waals surface area (Å²) >= 11 is 0. The summed E-state index contributed by atoms with van der Waals surface area (Å²) in [6.07, 6.45) is 4.20. The lowest BCUT2D eigenvalue weighted by atomic mass is 10.1. The molecule has 4 aromatic rings. The van der Waals surface area contributed by atoms with Crippen LogP contribution >= 0.6 is 0 Å². The van der Waals surface area contributed by atoms with Crippen molar-refractivity contribution in [2.45, 2.75) is 13.3 Å². The van der Waals surface area contributed by atoms with E-state index >= 15 is 0 Å². The van der Waals surface area contributed by atoms with Crippen molar-refractivity contribution in [2.75, 3.05) is 11.9 Å². The Morgan fingerprint density at radius 3 is 2.47 bits per heavy atom. The number of carbonyl (C=O) groups is 1. The van der Waals surface area contributed by atoms with Gasteiger partial charge < -0.3 is 15.1 Å². The highest BCUT2D eigenvalue weighted by Gasteiger charge is 2.08. The molecule has 0 saturated carbocycles. The fourth-order valence-electron chi connectivity index (χ4n) is 3.06. The van der Waals surface area contributed by atoms with E-state index in [0.717, 1.165) is 28.3 Å². The zero-order valence-corrected chi connectivity index (χ0v) is 16.6. The van der Waals surface area contributed by atoms with Gasteiger partial charge in [0.1, 0.15) is 11.5 Å². The lowest BCUT2D eigenvalue weighted by molar-refractivity contribution is 0.0953. The van der Waals surface area contributed by atoms with Gasteiger partial charge in [-0.15, -0.1) is 0 Å². The van der Waals surface area contributed by atoms with E-state index in [1.807, 2.05) is 61.5 Å². The van der Waals surface area contributed by atoms with Crippen LogP contribution in [0.1, 0.15) is 21.9 Å². The maximum atomic E-state index is 12.4. The first-order valence-corrected chi connectivity index (χ1v) is 9.75. The monoisotopic (exact) mass is 398 g/mol. The van der Waals surface area contributed by atoms with Crippen LogP contribution in [0, 0.1) is 6.92 Å². The fraction of sp³-hybridized carbons (Fsp3) is 0.125. The Balaban J connectivity index is 1.36. The van der Waals surface area contributed by atoms with E-state index in [1.165, 1.54) is 0 Å². The molecule has 0 spiro atoms. The second kappa shape index (κ2) is 9.05. The van der Waals surface area contributed by atoms with Crippen LogP contribution < -0.4 is 10.6 Å². The molecule has 150 valence electrons. The van der Waals surface area contributed by atoms with Crippen LogP contribution in [-0.4, -0.2) is 22.4 Å². The molecule has 0 saturated heterocycles. The van der Waals surface area contributed by atoms with Crippen LogP contribution in [0.15, 0.2) is 83.5 Å². The van der Waals surface area contributed by atoms with E-state index in [-0.39, 0.29) is 5.91 Å². The minimum atomic E-state index is -0.137. The molecule has 0 aliphatic rings. The molecule has 2 aromatic carbocycles. The van der Waals surface area contributed by atoms with E-state index in [4.69, 9.17) is 4.42 Å². The largest absolute Gasteiger partial charge is 0.466 e. The first-order chi connectivity index (χ1) is 14.7. The van der Waals surface area contributed by atoms with Gasteiger partial charge in [-0.1, -0.05) is 36.4 Å². The molecule has 6 nitrogen and oxygen atoms in total. The van der Waals surface area contributed by atoms with Gasteiger partial charge >= 0.3 is 0 Å². The lowest BCUT2D eigenvalue weighted by Gasteiger charge is -2.08. The zero-order chi connectivity index (χ0) is 20.8. The molecule has 6 heteroatoms. The van der Waals surface area contributed by atoms with Crippen molar-refractivity contribution in [1.29, 1.82) is 0 Å². The molecule has 0 unspecified atom stereocenters. The van der Waals surface area contributed by atoms with Gasteiger partial charge in [0.15, 0.2) is 0 Å². The Kier molecular flexibility index (Phi) is 5.85. The Labute approximate surface area is 175 Å². The van der Waals surface area contributed by atoms with Gasteiger partial charge in [-0.05, 0) is 42.8 Å². The fourth-order valence-corrected chi connectivity index (χ4v) is 3.06. The maximum Gasteiger partial charge on any atom is 0.251 e. The number of amides is 1. The Hall–Kier alpha value is -3.93. The van der Waals surface area contributed by atoms with Gasteiger partial charge in [-0.25, -0.2) is 9.97 Å². The van der Waals surface area contributed by atoms with Gasteiger partial charge in [0.05, 0.1) is 0 Å². The third kappa shape index (κ3) is 4.91. The number of carbonyl (C=O) groups excluding carboxylic acids is 1. The summed E-state index contributed by atoms with van der Waals surface area (Å²) in [7, 11) is 0. The second-order valence-corrected chi connectivity index (χ2v) is 6.89. The number of benzene rings is 2. The number of rotatable bonds is 7. The van der Waals surface area contributed by atoms with Crippen LogP contribution in [0.2, 0.25) is 0 Å². The molecule has 1 amide bonds. The van der Waals surface area contributed by atoms with Gasteiger partial charge in [0.25, 0.3) is 5.91 Å². The van der Waals surface area contributed by atoms with Gasteiger partial charge in [0, 0.05) is 42.2 Å². The Morgan fingerprint density at radius 2 is 1.73 bits per heavy atom. The van der Waals surface area contributed by atoms with Gasteiger partial charge in [-0.2, -0.15) is 0 Å². The third-order valence-corrected chi connectivity index (χ3v) is 4.59. The summed E-state index contributed by atoms with van der Waals surface area (Å²) in [6.45, 7) is 2.41. The molecule has 30 heavy (non-hydrogen) atoms. The lowest BCUT2D eigenvalue weighted by Crippen LogP contribution is -2.25. The number of aryl methyl sites for hydroxylation is 1. The summed E-state index contributed by atoms with van der Waals surface area (Å²) in [6, 6.07) is 21.1. The normalized spacial score (nSPS) is 10.6. The molecule has 4 rings (SSSR count). The zero-order valence-electron chi connectivity index (χ0n) is 16.6. The van der Waals surface area contributed by atoms with Crippen LogP contribution in [0.3, 0.4) is 0 Å². The number of nitrogens with zero attached hydrogens (tertiary/aromatic N) is 2. The van der Waals surface area contributed by atoms with Crippen molar-refractivity contribution in [1.82, 2.24) is 15.3 Å². The standard InChI is InChI=1S/C24H22N4O2/c1-17-10-11-22(30-17)12-13-25-23(29)19-8-5-9-21(14-19)28-24-26-15-20(16-27-24)18-6-3-2-4-7-18/h2-11,14-16H,12-13H2,1H3,(H,25,29)(H,26,27,28). The Morgan fingerprint density at radius 1 is 0.933 bits per heavy atom. The van der Waals surface area contributed by atoms with Crippen LogP contribution in [0.4, 0.5) is 11.6 Å². The van der Waals surface area contributed by atoms with E-state index in [9.17, 15) is 4.79 Å². The quantitative estimate of drug-likeness (QED) is 0.469. The SMILES string of the molecule is Cc1ccc(CCNC(=O)c2cccc(Nc3ncc(-c4ccccc4)cn3)c2)o1. The second-order valence-electron chi connectivity index (χ2n) is 6.89. The highest BCUT2D eigenvalue weighted by molar-refractivity contribution is 5.95. The van der Waals surface area contributed by atoms with Gasteiger partial charge in [-0.3, -0.25) is 4.79 Å². The number of furan rings is 1. The predicted molar refractivity (Wildman–Crippen MR) is 117 cm³/mol. The molecule has 0 aliphatic carbocycles. The summed E-state index contributed by atoms with van der Waals surface area (Å²) in [5, 5.41) is 6.06. The van der Waals surface area contributed by atoms with Crippen LogP contribution in [0.5, 0.6) is 0 Å². The first-order valence-electron chi connectivity index (χ1n) is 9.75. The number of hydrogen-bond acceptors (Lipinski definition) is 5. The average Bonchev–Trinajstić information content (AvgIpc) is 3.20.